The number of benzene rings is 1. The van der Waals surface area contributed by atoms with Gasteiger partial charge in [0.25, 0.3) is 0 Å². The zero-order valence-electron chi connectivity index (χ0n) is 10.2. The molecule has 6 nitrogen and oxygen atoms in total. The lowest BCUT2D eigenvalue weighted by Crippen LogP contribution is -2.13. The van der Waals surface area contributed by atoms with Crippen molar-refractivity contribution in [3.05, 3.63) is 29.8 Å². The molecule has 0 aliphatic heterocycles. The average Bonchev–Trinajstić information content (AvgIpc) is 2.36. The fraction of sp³-hybridized carbons (Fsp3) is 0.250. The molecule has 0 heterocycles. The van der Waals surface area contributed by atoms with Gasteiger partial charge < -0.3 is 9.47 Å². The highest BCUT2D eigenvalue weighted by Crippen LogP contribution is 2.11. The molecule has 0 radical (unpaired) electrons. The quantitative estimate of drug-likeness (QED) is 0.474. The van der Waals surface area contributed by atoms with Gasteiger partial charge in [0.1, 0.15) is 5.75 Å². The van der Waals surface area contributed by atoms with Gasteiger partial charge in [-0.25, -0.2) is 10.2 Å². The fourth-order valence-electron chi connectivity index (χ4n) is 1.08. The van der Waals surface area contributed by atoms with Crippen LogP contribution in [0.2, 0.25) is 0 Å². The lowest BCUT2D eigenvalue weighted by atomic mass is 10.2. The van der Waals surface area contributed by atoms with Crippen LogP contribution in [-0.2, 0) is 14.3 Å². The molecule has 0 saturated heterocycles. The summed E-state index contributed by atoms with van der Waals surface area (Å²) in [6.07, 6.45) is 1.48. The van der Waals surface area contributed by atoms with Crippen LogP contribution in [-0.4, -0.2) is 31.8 Å². The van der Waals surface area contributed by atoms with Crippen molar-refractivity contribution in [3.63, 3.8) is 0 Å². The highest BCUT2D eigenvalue weighted by atomic mass is 16.6. The molecule has 1 amide bonds. The van der Waals surface area contributed by atoms with Crippen molar-refractivity contribution >= 4 is 18.1 Å². The molecule has 0 aliphatic carbocycles. The third-order valence-electron chi connectivity index (χ3n) is 1.88. The van der Waals surface area contributed by atoms with Crippen LogP contribution in [0.4, 0.5) is 0 Å². The summed E-state index contributed by atoms with van der Waals surface area (Å²) < 4.78 is 9.66. The molecule has 18 heavy (non-hydrogen) atoms. The number of methoxy groups -OCH3 is 1. The van der Waals surface area contributed by atoms with Gasteiger partial charge in [-0.15, -0.1) is 0 Å². The standard InChI is InChI=1S/C12H14N2O4/c1-9(15)14-13-7-10-4-3-5-11(6-10)18-8-12(16)17-2/h3-7H,8H2,1-2H3,(H,14,15)/b13-7+. The number of amides is 1. The molecule has 0 atom stereocenters. The highest BCUT2D eigenvalue weighted by molar-refractivity contribution is 5.82. The molecule has 96 valence electrons. The maximum atomic E-state index is 10.9. The van der Waals surface area contributed by atoms with Crippen LogP contribution < -0.4 is 10.2 Å². The van der Waals surface area contributed by atoms with Crippen molar-refractivity contribution < 1.29 is 19.1 Å². The molecule has 0 aliphatic rings. The van der Waals surface area contributed by atoms with Crippen molar-refractivity contribution in [1.82, 2.24) is 5.43 Å². The summed E-state index contributed by atoms with van der Waals surface area (Å²) in [7, 11) is 1.29. The Labute approximate surface area is 105 Å². The van der Waals surface area contributed by atoms with Gasteiger partial charge in [0.15, 0.2) is 6.61 Å². The molecule has 0 fully saturated rings. The Balaban J connectivity index is 2.59. The molecule has 0 bridgehead atoms. The summed E-state index contributed by atoms with van der Waals surface area (Å²) in [6, 6.07) is 6.94. The zero-order chi connectivity index (χ0) is 13.4. The van der Waals surface area contributed by atoms with Gasteiger partial charge in [-0.3, -0.25) is 4.79 Å². The number of ether oxygens (including phenoxy) is 2. The third-order valence-corrected chi connectivity index (χ3v) is 1.88. The summed E-state index contributed by atoms with van der Waals surface area (Å²) in [5.41, 5.74) is 3.03. The second-order valence-corrected chi connectivity index (χ2v) is 3.36. The zero-order valence-corrected chi connectivity index (χ0v) is 10.2. The number of hydrazone groups is 1. The topological polar surface area (TPSA) is 77.0 Å². The first-order chi connectivity index (χ1) is 8.61. The smallest absolute Gasteiger partial charge is 0.343 e. The molecule has 0 spiro atoms. The first-order valence-electron chi connectivity index (χ1n) is 5.21. The number of hydrogen-bond acceptors (Lipinski definition) is 5. The van der Waals surface area contributed by atoms with E-state index in [1.54, 1.807) is 24.3 Å². The van der Waals surface area contributed by atoms with E-state index in [2.05, 4.69) is 15.3 Å². The fourth-order valence-corrected chi connectivity index (χ4v) is 1.08. The van der Waals surface area contributed by atoms with Gasteiger partial charge in [0.05, 0.1) is 13.3 Å². The minimum atomic E-state index is -0.452. The molecule has 0 aromatic heterocycles. The number of carbonyl (C=O) groups excluding carboxylic acids is 2. The largest absolute Gasteiger partial charge is 0.482 e. The van der Waals surface area contributed by atoms with Gasteiger partial charge in [0, 0.05) is 6.92 Å². The van der Waals surface area contributed by atoms with Crippen LogP contribution in [0.25, 0.3) is 0 Å². The van der Waals surface area contributed by atoms with Crippen molar-refractivity contribution in [2.24, 2.45) is 5.10 Å². The van der Waals surface area contributed by atoms with Crippen LogP contribution in [0.5, 0.6) is 5.75 Å². The van der Waals surface area contributed by atoms with Crippen LogP contribution >= 0.6 is 0 Å². The Morgan fingerprint density at radius 3 is 2.89 bits per heavy atom. The summed E-state index contributed by atoms with van der Waals surface area (Å²) in [4.78, 5) is 21.5. The number of esters is 1. The Hall–Kier alpha value is -2.37. The van der Waals surface area contributed by atoms with Crippen LogP contribution in [0.1, 0.15) is 12.5 Å². The molecule has 1 N–H and O–H groups in total. The van der Waals surface area contributed by atoms with Crippen molar-refractivity contribution in [1.29, 1.82) is 0 Å². The molecular weight excluding hydrogens is 236 g/mol. The molecule has 6 heteroatoms. The second kappa shape index (κ2) is 7.05. The predicted octanol–water partition coefficient (Wildman–Crippen LogP) is 0.708. The lowest BCUT2D eigenvalue weighted by Gasteiger charge is -2.04. The van der Waals surface area contributed by atoms with E-state index in [9.17, 15) is 9.59 Å². The van der Waals surface area contributed by atoms with E-state index in [1.165, 1.54) is 20.2 Å². The van der Waals surface area contributed by atoms with Gasteiger partial charge >= 0.3 is 5.97 Å². The molecular formula is C12H14N2O4. The van der Waals surface area contributed by atoms with Gasteiger partial charge in [0.2, 0.25) is 5.91 Å². The van der Waals surface area contributed by atoms with E-state index in [1.807, 2.05) is 0 Å². The number of carbonyl (C=O) groups is 2. The summed E-state index contributed by atoms with van der Waals surface area (Å²) in [6.45, 7) is 1.22. The average molecular weight is 250 g/mol. The van der Waals surface area contributed by atoms with Crippen LogP contribution in [0, 0.1) is 0 Å². The van der Waals surface area contributed by atoms with E-state index >= 15 is 0 Å². The second-order valence-electron chi connectivity index (χ2n) is 3.36. The Morgan fingerprint density at radius 2 is 2.22 bits per heavy atom. The van der Waals surface area contributed by atoms with Gasteiger partial charge in [-0.05, 0) is 17.7 Å². The van der Waals surface area contributed by atoms with E-state index in [0.29, 0.717) is 5.75 Å². The van der Waals surface area contributed by atoms with Crippen LogP contribution in [0.15, 0.2) is 29.4 Å². The van der Waals surface area contributed by atoms with Crippen molar-refractivity contribution in [3.8, 4) is 5.75 Å². The molecule has 0 saturated carbocycles. The number of hydrogen-bond donors (Lipinski definition) is 1. The van der Waals surface area contributed by atoms with Crippen molar-refractivity contribution in [2.45, 2.75) is 6.92 Å². The van der Waals surface area contributed by atoms with E-state index in [-0.39, 0.29) is 12.5 Å². The summed E-state index contributed by atoms with van der Waals surface area (Å²) in [5.74, 6) is -0.177. The number of rotatable bonds is 5. The minimum Gasteiger partial charge on any atom is -0.482 e. The molecule has 1 rings (SSSR count). The monoisotopic (exact) mass is 250 g/mol. The Morgan fingerprint density at radius 1 is 1.44 bits per heavy atom. The first kappa shape index (κ1) is 13.7. The SMILES string of the molecule is COC(=O)COc1cccc(/C=N/NC(C)=O)c1. The van der Waals surface area contributed by atoms with Crippen LogP contribution in [0.3, 0.4) is 0 Å². The lowest BCUT2D eigenvalue weighted by molar-refractivity contribution is -0.142. The van der Waals surface area contributed by atoms with Crippen molar-refractivity contribution in [2.75, 3.05) is 13.7 Å². The molecule has 1 aromatic carbocycles. The number of nitrogens with zero attached hydrogens (tertiary/aromatic N) is 1. The van der Waals surface area contributed by atoms with E-state index in [0.717, 1.165) is 5.56 Å². The predicted molar refractivity (Wildman–Crippen MR) is 65.4 cm³/mol. The minimum absolute atomic E-state index is 0.150. The third kappa shape index (κ3) is 5.11. The van der Waals surface area contributed by atoms with Gasteiger partial charge in [-0.2, -0.15) is 5.10 Å². The Bertz CT molecular complexity index is 457. The van der Waals surface area contributed by atoms with E-state index in [4.69, 9.17) is 4.74 Å². The first-order valence-corrected chi connectivity index (χ1v) is 5.21. The number of nitrogens with one attached hydrogen (secondary N) is 1. The molecule has 0 unspecified atom stereocenters. The summed E-state index contributed by atoms with van der Waals surface area (Å²) in [5, 5.41) is 3.72. The van der Waals surface area contributed by atoms with Gasteiger partial charge in [-0.1, -0.05) is 12.1 Å². The normalized spacial score (nSPS) is 10.1. The molecule has 1 aromatic rings. The maximum absolute atomic E-state index is 10.9. The Kier molecular flexibility index (Phi) is 5.37. The summed E-state index contributed by atoms with van der Waals surface area (Å²) >= 11 is 0. The highest BCUT2D eigenvalue weighted by Gasteiger charge is 2.01. The van der Waals surface area contributed by atoms with E-state index < -0.39 is 5.97 Å². The maximum Gasteiger partial charge on any atom is 0.343 e.